The highest BCUT2D eigenvalue weighted by molar-refractivity contribution is 7.86. The molecule has 0 radical (unpaired) electrons. The molecule has 0 saturated heterocycles. The van der Waals surface area contributed by atoms with E-state index in [1.165, 1.54) is 12.5 Å². The van der Waals surface area contributed by atoms with E-state index < -0.39 is 21.6 Å². The van der Waals surface area contributed by atoms with Crippen molar-refractivity contribution in [3.05, 3.63) is 0 Å². The van der Waals surface area contributed by atoms with Crippen molar-refractivity contribution in [2.45, 2.75) is 0 Å². The third kappa shape index (κ3) is 5.07. The number of hydrogen-bond donors (Lipinski definition) is 2. The smallest absolute Gasteiger partial charge is 0.0966 e. The molecule has 0 aromatic heterocycles. The predicted molar refractivity (Wildman–Crippen MR) is 61.1 cm³/mol. The Bertz CT molecular complexity index is 270. The second-order valence-corrected chi connectivity index (χ2v) is 5.46. The molecule has 0 saturated carbocycles. The van der Waals surface area contributed by atoms with Crippen LogP contribution in [0.15, 0.2) is 10.2 Å². The average molecular weight is 238 g/mol. The summed E-state index contributed by atoms with van der Waals surface area (Å²) in [5, 5.41) is 6.86. The summed E-state index contributed by atoms with van der Waals surface area (Å²) < 4.78 is 21.8. The van der Waals surface area contributed by atoms with Crippen LogP contribution in [0.25, 0.3) is 0 Å². The molecule has 0 fully saturated rings. The van der Waals surface area contributed by atoms with Gasteiger partial charge in [0.05, 0.1) is 22.9 Å². The van der Waals surface area contributed by atoms with Gasteiger partial charge in [0.15, 0.2) is 0 Å². The third-order valence-corrected chi connectivity index (χ3v) is 2.68. The minimum atomic E-state index is -1.08. The van der Waals surface area contributed by atoms with E-state index in [2.05, 4.69) is 10.2 Å². The molecule has 14 heavy (non-hydrogen) atoms. The van der Waals surface area contributed by atoms with Crippen molar-refractivity contribution in [3.8, 4) is 0 Å². The molecular formula is C6H14N4O2S2. The first kappa shape index (κ1) is 13.2. The highest BCUT2D eigenvalue weighted by Crippen LogP contribution is 1.90. The summed E-state index contributed by atoms with van der Waals surface area (Å²) in [5.41, 5.74) is 0.673. The van der Waals surface area contributed by atoms with E-state index in [0.717, 1.165) is 0 Å². The van der Waals surface area contributed by atoms with Crippen LogP contribution in [0.4, 0.5) is 0 Å². The summed E-state index contributed by atoms with van der Waals surface area (Å²) in [5.74, 6) is 10.5. The molecule has 2 atom stereocenters. The number of hydrazone groups is 2. The van der Waals surface area contributed by atoms with Gasteiger partial charge in [-0.2, -0.15) is 10.2 Å². The van der Waals surface area contributed by atoms with Crippen LogP contribution >= 0.6 is 0 Å². The van der Waals surface area contributed by atoms with Gasteiger partial charge in [-0.25, -0.2) is 0 Å². The zero-order chi connectivity index (χ0) is 11.1. The normalized spacial score (nSPS) is 17.9. The molecule has 0 rings (SSSR count). The lowest BCUT2D eigenvalue weighted by molar-refractivity contribution is 0.688. The van der Waals surface area contributed by atoms with Crippen LogP contribution in [-0.2, 0) is 21.6 Å². The Morgan fingerprint density at radius 1 is 1.00 bits per heavy atom. The van der Waals surface area contributed by atoms with Crippen LogP contribution in [0.5, 0.6) is 0 Å². The Hall–Kier alpha value is -0.760. The Morgan fingerprint density at radius 3 is 1.43 bits per heavy atom. The van der Waals surface area contributed by atoms with Gasteiger partial charge < -0.3 is 11.7 Å². The molecule has 0 spiro atoms. The molecule has 0 aliphatic rings. The lowest BCUT2D eigenvalue weighted by Gasteiger charge is -2.04. The summed E-state index contributed by atoms with van der Waals surface area (Å²) in [6, 6.07) is 0. The fourth-order valence-electron chi connectivity index (χ4n) is 0.775. The van der Waals surface area contributed by atoms with E-state index in [9.17, 15) is 8.42 Å². The minimum absolute atomic E-state index is 0.170. The lowest BCUT2D eigenvalue weighted by atomic mass is 10.3. The van der Waals surface area contributed by atoms with Gasteiger partial charge in [-0.3, -0.25) is 8.42 Å². The molecule has 0 aromatic carbocycles. The molecule has 0 aromatic rings. The Morgan fingerprint density at radius 2 is 1.29 bits per heavy atom. The number of hydrogen-bond acceptors (Lipinski definition) is 6. The molecule has 0 amide bonds. The second-order valence-electron chi connectivity index (χ2n) is 2.59. The summed E-state index contributed by atoms with van der Waals surface area (Å²) in [4.78, 5) is 0. The molecular weight excluding hydrogens is 224 g/mol. The largest absolute Gasteiger partial charge is 0.323 e. The first-order chi connectivity index (χ1) is 6.51. The number of nitrogens with two attached hydrogens (primary N) is 2. The Balaban J connectivity index is 4.65. The highest BCUT2D eigenvalue weighted by Gasteiger charge is 2.12. The van der Waals surface area contributed by atoms with Gasteiger partial charge in [-0.1, -0.05) is 0 Å². The van der Waals surface area contributed by atoms with Crippen molar-refractivity contribution >= 4 is 33.0 Å². The lowest BCUT2D eigenvalue weighted by Crippen LogP contribution is -2.28. The van der Waals surface area contributed by atoms with Gasteiger partial charge in [0.25, 0.3) is 0 Å². The van der Waals surface area contributed by atoms with Crippen LogP contribution in [0.1, 0.15) is 0 Å². The molecule has 0 aliphatic carbocycles. The molecule has 0 heterocycles. The quantitative estimate of drug-likeness (QED) is 0.340. The molecule has 4 N–H and O–H groups in total. The van der Waals surface area contributed by atoms with Crippen molar-refractivity contribution in [3.63, 3.8) is 0 Å². The van der Waals surface area contributed by atoms with Crippen molar-refractivity contribution in [2.75, 3.05) is 24.0 Å². The maximum absolute atomic E-state index is 10.9. The summed E-state index contributed by atoms with van der Waals surface area (Å²) >= 11 is 0. The number of nitrogens with zero attached hydrogens (tertiary/aromatic N) is 2. The monoisotopic (exact) mass is 238 g/mol. The van der Waals surface area contributed by atoms with Gasteiger partial charge in [0.2, 0.25) is 0 Å². The van der Waals surface area contributed by atoms with E-state index >= 15 is 0 Å². The van der Waals surface area contributed by atoms with Crippen molar-refractivity contribution < 1.29 is 8.42 Å². The standard InChI is InChI=1S/C6H14N4O2S2/c1-13(11)3-5(9-7)6(10-8)4-14(2)12/h3-4,7-8H2,1-2H3/b9-5-,10-6+/t13-,14+/m0/s1. The second kappa shape index (κ2) is 6.66. The van der Waals surface area contributed by atoms with Crippen LogP contribution < -0.4 is 11.7 Å². The Labute approximate surface area is 87.7 Å². The van der Waals surface area contributed by atoms with Gasteiger partial charge >= 0.3 is 0 Å². The average Bonchev–Trinajstić information content (AvgIpc) is 2.10. The van der Waals surface area contributed by atoms with Gasteiger partial charge in [0, 0.05) is 34.1 Å². The molecule has 0 aliphatic heterocycles. The fourth-order valence-corrected chi connectivity index (χ4v) is 2.03. The topological polar surface area (TPSA) is 111 Å². The molecule has 0 unspecified atom stereocenters. The van der Waals surface area contributed by atoms with Gasteiger partial charge in [-0.05, 0) is 0 Å². The van der Waals surface area contributed by atoms with Crippen molar-refractivity contribution in [1.29, 1.82) is 0 Å². The molecule has 0 bridgehead atoms. The van der Waals surface area contributed by atoms with E-state index in [-0.39, 0.29) is 11.5 Å². The maximum Gasteiger partial charge on any atom is 0.0966 e. The van der Waals surface area contributed by atoms with Crippen molar-refractivity contribution in [2.24, 2.45) is 21.9 Å². The fraction of sp³-hybridized carbons (Fsp3) is 0.667. The van der Waals surface area contributed by atoms with E-state index in [1.807, 2.05) is 0 Å². The van der Waals surface area contributed by atoms with Gasteiger partial charge in [-0.15, -0.1) is 0 Å². The Kier molecular flexibility index (Phi) is 6.30. The summed E-state index contributed by atoms with van der Waals surface area (Å²) in [6.45, 7) is 0. The third-order valence-electron chi connectivity index (χ3n) is 1.32. The number of rotatable bonds is 5. The zero-order valence-corrected chi connectivity index (χ0v) is 9.73. The van der Waals surface area contributed by atoms with Crippen molar-refractivity contribution in [1.82, 2.24) is 0 Å². The molecule has 8 heteroatoms. The highest BCUT2D eigenvalue weighted by atomic mass is 32.2. The predicted octanol–water partition coefficient (Wildman–Crippen LogP) is -1.63. The summed E-state index contributed by atoms with van der Waals surface area (Å²) in [6.07, 6.45) is 3.03. The molecule has 82 valence electrons. The summed E-state index contributed by atoms with van der Waals surface area (Å²) in [7, 11) is -2.16. The van der Waals surface area contributed by atoms with Crippen LogP contribution in [0.2, 0.25) is 0 Å². The SMILES string of the molecule is C[S@](=O)CC(=N/N)/C(C[S@@](C)=O)=N/N. The van der Waals surface area contributed by atoms with Crippen LogP contribution in [-0.4, -0.2) is 43.9 Å². The van der Waals surface area contributed by atoms with E-state index in [1.54, 1.807) is 0 Å². The van der Waals surface area contributed by atoms with E-state index in [0.29, 0.717) is 11.4 Å². The first-order valence-corrected chi connectivity index (χ1v) is 7.10. The van der Waals surface area contributed by atoms with Crippen LogP contribution in [0, 0.1) is 0 Å². The molecule has 6 nitrogen and oxygen atoms in total. The van der Waals surface area contributed by atoms with E-state index in [4.69, 9.17) is 11.7 Å². The van der Waals surface area contributed by atoms with Gasteiger partial charge in [0.1, 0.15) is 0 Å². The first-order valence-electron chi connectivity index (χ1n) is 3.65. The zero-order valence-electron chi connectivity index (χ0n) is 8.10. The van der Waals surface area contributed by atoms with Crippen LogP contribution in [0.3, 0.4) is 0 Å². The maximum atomic E-state index is 10.9. The minimum Gasteiger partial charge on any atom is -0.323 e.